The Kier molecular flexibility index (Phi) is 3.96. The molecule has 2 rings (SSSR count). The Bertz CT molecular complexity index is 400. The van der Waals surface area contributed by atoms with E-state index in [1.165, 1.54) is 5.56 Å². The SMILES string of the molecule is CCNC(CC)C1CC(C)(C)Oc2ccccc21. The Morgan fingerprint density at radius 3 is 2.72 bits per heavy atom. The molecule has 18 heavy (non-hydrogen) atoms. The zero-order valence-corrected chi connectivity index (χ0v) is 12.0. The molecule has 2 nitrogen and oxygen atoms in total. The van der Waals surface area contributed by atoms with E-state index in [1.807, 2.05) is 0 Å². The van der Waals surface area contributed by atoms with Crippen molar-refractivity contribution in [3.8, 4) is 5.75 Å². The van der Waals surface area contributed by atoms with Gasteiger partial charge < -0.3 is 10.1 Å². The largest absolute Gasteiger partial charge is 0.488 e. The van der Waals surface area contributed by atoms with E-state index >= 15 is 0 Å². The molecule has 1 aromatic carbocycles. The fourth-order valence-corrected chi connectivity index (χ4v) is 3.05. The van der Waals surface area contributed by atoms with Crippen molar-refractivity contribution in [3.05, 3.63) is 29.8 Å². The third-order valence-electron chi connectivity index (χ3n) is 3.81. The maximum Gasteiger partial charge on any atom is 0.123 e. The second kappa shape index (κ2) is 5.31. The predicted octanol–water partition coefficient (Wildman–Crippen LogP) is 3.72. The van der Waals surface area contributed by atoms with Crippen LogP contribution in [0.2, 0.25) is 0 Å². The number of hydrogen-bond donors (Lipinski definition) is 1. The summed E-state index contributed by atoms with van der Waals surface area (Å²) in [5.74, 6) is 1.62. The molecule has 0 saturated heterocycles. The summed E-state index contributed by atoms with van der Waals surface area (Å²) < 4.78 is 6.09. The van der Waals surface area contributed by atoms with Gasteiger partial charge in [0.1, 0.15) is 11.4 Å². The average molecular weight is 247 g/mol. The summed E-state index contributed by atoms with van der Waals surface area (Å²) in [6, 6.07) is 9.04. The van der Waals surface area contributed by atoms with Gasteiger partial charge in [0.05, 0.1) is 0 Å². The minimum Gasteiger partial charge on any atom is -0.488 e. The Balaban J connectivity index is 2.34. The zero-order valence-electron chi connectivity index (χ0n) is 12.0. The number of rotatable bonds is 4. The molecule has 0 saturated carbocycles. The molecule has 2 atom stereocenters. The average Bonchev–Trinajstić information content (AvgIpc) is 2.34. The van der Waals surface area contributed by atoms with Crippen molar-refractivity contribution in [2.75, 3.05) is 6.54 Å². The lowest BCUT2D eigenvalue weighted by atomic mass is 9.79. The zero-order chi connectivity index (χ0) is 13.2. The van der Waals surface area contributed by atoms with Gasteiger partial charge >= 0.3 is 0 Å². The number of fused-ring (bicyclic) bond motifs is 1. The molecule has 1 aromatic rings. The van der Waals surface area contributed by atoms with Gasteiger partial charge in [-0.15, -0.1) is 0 Å². The molecular formula is C16H25NO. The molecule has 2 heteroatoms. The summed E-state index contributed by atoms with van der Waals surface area (Å²) in [5, 5.41) is 3.63. The normalized spacial score (nSPS) is 23.0. The monoisotopic (exact) mass is 247 g/mol. The molecule has 1 aliphatic rings. The molecule has 0 fully saturated rings. The van der Waals surface area contributed by atoms with Crippen LogP contribution in [-0.4, -0.2) is 18.2 Å². The number of likely N-dealkylation sites (N-methyl/N-ethyl adjacent to an activating group) is 1. The fraction of sp³-hybridized carbons (Fsp3) is 0.625. The lowest BCUT2D eigenvalue weighted by Crippen LogP contribution is -2.43. The number of ether oxygens (including phenoxy) is 1. The molecular weight excluding hydrogens is 222 g/mol. The first-order valence-corrected chi connectivity index (χ1v) is 7.08. The Hall–Kier alpha value is -1.02. The Labute approximate surface area is 111 Å². The minimum atomic E-state index is -0.0676. The standard InChI is InChI=1S/C16H25NO/c1-5-14(17-6-2)13-11-16(3,4)18-15-10-8-7-9-12(13)15/h7-10,13-14,17H,5-6,11H2,1-4H3. The van der Waals surface area contributed by atoms with Gasteiger partial charge in [-0.05, 0) is 44.9 Å². The summed E-state index contributed by atoms with van der Waals surface area (Å²) >= 11 is 0. The van der Waals surface area contributed by atoms with Crippen LogP contribution in [0.25, 0.3) is 0 Å². The fourth-order valence-electron chi connectivity index (χ4n) is 3.05. The van der Waals surface area contributed by atoms with Crippen molar-refractivity contribution >= 4 is 0 Å². The van der Waals surface area contributed by atoms with E-state index in [0.717, 1.165) is 25.1 Å². The van der Waals surface area contributed by atoms with Crippen molar-refractivity contribution in [2.45, 2.75) is 58.1 Å². The van der Waals surface area contributed by atoms with Gasteiger partial charge in [0, 0.05) is 12.0 Å². The minimum absolute atomic E-state index is 0.0676. The van der Waals surface area contributed by atoms with Crippen LogP contribution in [0.5, 0.6) is 5.75 Å². The van der Waals surface area contributed by atoms with Crippen molar-refractivity contribution in [1.82, 2.24) is 5.32 Å². The van der Waals surface area contributed by atoms with Crippen molar-refractivity contribution in [3.63, 3.8) is 0 Å². The van der Waals surface area contributed by atoms with E-state index in [4.69, 9.17) is 4.74 Å². The molecule has 0 aromatic heterocycles. The van der Waals surface area contributed by atoms with E-state index in [1.54, 1.807) is 0 Å². The third-order valence-corrected chi connectivity index (χ3v) is 3.81. The molecule has 100 valence electrons. The summed E-state index contributed by atoms with van der Waals surface area (Å²) in [4.78, 5) is 0. The second-order valence-electron chi connectivity index (χ2n) is 5.78. The summed E-state index contributed by atoms with van der Waals surface area (Å²) in [6.07, 6.45) is 2.23. The molecule has 2 unspecified atom stereocenters. The van der Waals surface area contributed by atoms with Gasteiger partial charge in [0.2, 0.25) is 0 Å². The number of para-hydroxylation sites is 1. The lowest BCUT2D eigenvalue weighted by molar-refractivity contribution is 0.0646. The van der Waals surface area contributed by atoms with E-state index in [2.05, 4.69) is 57.3 Å². The predicted molar refractivity (Wildman–Crippen MR) is 76.3 cm³/mol. The molecule has 0 aliphatic carbocycles. The molecule has 0 amide bonds. The Morgan fingerprint density at radius 2 is 2.06 bits per heavy atom. The van der Waals surface area contributed by atoms with Crippen LogP contribution in [0.4, 0.5) is 0 Å². The van der Waals surface area contributed by atoms with Crippen LogP contribution in [0, 0.1) is 0 Å². The summed E-state index contributed by atoms with van der Waals surface area (Å²) in [6.45, 7) is 9.85. The van der Waals surface area contributed by atoms with Crippen molar-refractivity contribution < 1.29 is 4.74 Å². The molecule has 0 bridgehead atoms. The van der Waals surface area contributed by atoms with Gasteiger partial charge in [-0.3, -0.25) is 0 Å². The smallest absolute Gasteiger partial charge is 0.123 e. The highest BCUT2D eigenvalue weighted by atomic mass is 16.5. The van der Waals surface area contributed by atoms with Crippen LogP contribution in [0.15, 0.2) is 24.3 Å². The maximum atomic E-state index is 6.09. The van der Waals surface area contributed by atoms with Crippen LogP contribution < -0.4 is 10.1 Å². The van der Waals surface area contributed by atoms with E-state index < -0.39 is 0 Å². The first-order valence-electron chi connectivity index (χ1n) is 7.08. The molecule has 1 heterocycles. The highest BCUT2D eigenvalue weighted by Gasteiger charge is 2.36. The molecule has 1 N–H and O–H groups in total. The number of hydrogen-bond acceptors (Lipinski definition) is 2. The van der Waals surface area contributed by atoms with Crippen LogP contribution in [0.1, 0.15) is 52.0 Å². The highest BCUT2D eigenvalue weighted by Crippen LogP contribution is 2.42. The molecule has 0 spiro atoms. The van der Waals surface area contributed by atoms with Crippen molar-refractivity contribution in [1.29, 1.82) is 0 Å². The maximum absolute atomic E-state index is 6.09. The third kappa shape index (κ3) is 2.69. The molecule has 1 aliphatic heterocycles. The quantitative estimate of drug-likeness (QED) is 0.875. The van der Waals surface area contributed by atoms with Crippen LogP contribution in [-0.2, 0) is 0 Å². The summed E-state index contributed by atoms with van der Waals surface area (Å²) in [5.41, 5.74) is 1.30. The second-order valence-corrected chi connectivity index (χ2v) is 5.78. The van der Waals surface area contributed by atoms with Gasteiger partial charge in [-0.25, -0.2) is 0 Å². The van der Waals surface area contributed by atoms with Gasteiger partial charge in [-0.1, -0.05) is 32.0 Å². The topological polar surface area (TPSA) is 21.3 Å². The van der Waals surface area contributed by atoms with Crippen molar-refractivity contribution in [2.24, 2.45) is 0 Å². The number of nitrogens with one attached hydrogen (secondary N) is 1. The van der Waals surface area contributed by atoms with Crippen LogP contribution >= 0.6 is 0 Å². The van der Waals surface area contributed by atoms with Gasteiger partial charge in [-0.2, -0.15) is 0 Å². The molecule has 0 radical (unpaired) electrons. The van der Waals surface area contributed by atoms with E-state index in [9.17, 15) is 0 Å². The lowest BCUT2D eigenvalue weighted by Gasteiger charge is -2.41. The van der Waals surface area contributed by atoms with E-state index in [-0.39, 0.29) is 5.60 Å². The summed E-state index contributed by atoms with van der Waals surface area (Å²) in [7, 11) is 0. The van der Waals surface area contributed by atoms with E-state index in [0.29, 0.717) is 12.0 Å². The first-order chi connectivity index (χ1) is 8.57. The Morgan fingerprint density at radius 1 is 1.33 bits per heavy atom. The highest BCUT2D eigenvalue weighted by molar-refractivity contribution is 5.40. The van der Waals surface area contributed by atoms with Crippen LogP contribution in [0.3, 0.4) is 0 Å². The first kappa shape index (κ1) is 13.4. The van der Waals surface area contributed by atoms with Gasteiger partial charge in [0.15, 0.2) is 0 Å². The number of benzene rings is 1. The van der Waals surface area contributed by atoms with Gasteiger partial charge in [0.25, 0.3) is 0 Å².